The fourth-order valence-corrected chi connectivity index (χ4v) is 10.5. The van der Waals surface area contributed by atoms with E-state index in [1.54, 1.807) is 0 Å². The van der Waals surface area contributed by atoms with Crippen LogP contribution in [0.3, 0.4) is 0 Å². The molecule has 1 nitrogen and oxygen atoms in total. The molecule has 0 saturated carbocycles. The van der Waals surface area contributed by atoms with Crippen LogP contribution in [0.5, 0.6) is 0 Å². The van der Waals surface area contributed by atoms with E-state index < -0.39 is 5.41 Å². The largest absolute Gasteiger partial charge is 0.310 e. The van der Waals surface area contributed by atoms with Crippen LogP contribution in [0.15, 0.2) is 273 Å². The van der Waals surface area contributed by atoms with Crippen LogP contribution in [0.4, 0.5) is 17.1 Å². The highest BCUT2D eigenvalue weighted by Crippen LogP contribution is 2.56. The van der Waals surface area contributed by atoms with Crippen LogP contribution in [-0.2, 0) is 5.41 Å². The molecule has 0 N–H and O–H groups in total. The Labute approximate surface area is 387 Å². The molecule has 0 unspecified atom stereocenters. The zero-order chi connectivity index (χ0) is 43.9. The number of nitrogens with zero attached hydrogens (tertiary/aromatic N) is 1. The molecule has 66 heavy (non-hydrogen) atoms. The lowest BCUT2D eigenvalue weighted by Gasteiger charge is -2.34. The predicted octanol–water partition coefficient (Wildman–Crippen LogP) is 17.3. The summed E-state index contributed by atoms with van der Waals surface area (Å²) in [7, 11) is 0. The molecule has 1 aliphatic rings. The molecule has 11 aromatic rings. The van der Waals surface area contributed by atoms with E-state index in [0.29, 0.717) is 0 Å². The summed E-state index contributed by atoms with van der Waals surface area (Å²) in [6.45, 7) is 0. The van der Waals surface area contributed by atoms with Crippen molar-refractivity contribution in [3.63, 3.8) is 0 Å². The monoisotopic (exact) mass is 839 g/mol. The minimum atomic E-state index is -0.452. The van der Waals surface area contributed by atoms with Gasteiger partial charge in [-0.05, 0) is 131 Å². The van der Waals surface area contributed by atoms with E-state index in [-0.39, 0.29) is 0 Å². The Morgan fingerprint density at radius 2 is 0.682 bits per heavy atom. The Bertz CT molecular complexity index is 3440. The maximum absolute atomic E-state index is 2.45. The fourth-order valence-electron chi connectivity index (χ4n) is 10.5. The lowest BCUT2D eigenvalue weighted by atomic mass is 9.67. The molecule has 0 fully saturated rings. The van der Waals surface area contributed by atoms with Crippen LogP contribution in [0.25, 0.3) is 66.4 Å². The van der Waals surface area contributed by atoms with E-state index in [0.717, 1.165) is 17.1 Å². The molecule has 11 aromatic carbocycles. The summed E-state index contributed by atoms with van der Waals surface area (Å²) in [5, 5.41) is 2.48. The minimum Gasteiger partial charge on any atom is -0.310 e. The molecular formula is C65H45N. The first kappa shape index (κ1) is 39.1. The Kier molecular flexibility index (Phi) is 9.81. The van der Waals surface area contributed by atoms with Crippen molar-refractivity contribution in [1.29, 1.82) is 0 Å². The third-order valence-electron chi connectivity index (χ3n) is 13.6. The minimum absolute atomic E-state index is 0.452. The molecule has 0 atom stereocenters. The van der Waals surface area contributed by atoms with E-state index in [9.17, 15) is 0 Å². The van der Waals surface area contributed by atoms with Crippen molar-refractivity contribution in [3.8, 4) is 55.6 Å². The van der Waals surface area contributed by atoms with Gasteiger partial charge in [0.05, 0.1) is 5.41 Å². The summed E-state index contributed by atoms with van der Waals surface area (Å²) in [6.07, 6.45) is 0. The van der Waals surface area contributed by atoms with Gasteiger partial charge in [-0.15, -0.1) is 0 Å². The zero-order valence-electron chi connectivity index (χ0n) is 36.4. The Morgan fingerprint density at radius 3 is 1.33 bits per heavy atom. The van der Waals surface area contributed by atoms with Crippen LogP contribution in [0.2, 0.25) is 0 Å². The number of hydrogen-bond acceptors (Lipinski definition) is 1. The average Bonchev–Trinajstić information content (AvgIpc) is 3.70. The number of fused-ring (bicyclic) bond motifs is 4. The summed E-state index contributed by atoms with van der Waals surface area (Å²) < 4.78 is 0. The van der Waals surface area contributed by atoms with Gasteiger partial charge in [0, 0.05) is 17.1 Å². The summed E-state index contributed by atoms with van der Waals surface area (Å²) in [5.41, 5.74) is 20.1. The van der Waals surface area contributed by atoms with Crippen molar-refractivity contribution in [2.75, 3.05) is 4.90 Å². The van der Waals surface area contributed by atoms with Gasteiger partial charge in [-0.25, -0.2) is 0 Å². The van der Waals surface area contributed by atoms with Crippen molar-refractivity contribution in [2.24, 2.45) is 0 Å². The average molecular weight is 840 g/mol. The highest BCUT2D eigenvalue weighted by atomic mass is 15.1. The fraction of sp³-hybridized carbons (Fsp3) is 0.0154. The van der Waals surface area contributed by atoms with Gasteiger partial charge in [-0.3, -0.25) is 0 Å². The van der Waals surface area contributed by atoms with Gasteiger partial charge >= 0.3 is 0 Å². The first-order chi connectivity index (χ1) is 32.7. The van der Waals surface area contributed by atoms with Gasteiger partial charge in [0.1, 0.15) is 0 Å². The van der Waals surface area contributed by atoms with Crippen molar-refractivity contribution in [2.45, 2.75) is 5.41 Å². The molecule has 0 bridgehead atoms. The number of benzene rings is 11. The van der Waals surface area contributed by atoms with Crippen LogP contribution < -0.4 is 4.90 Å². The zero-order valence-corrected chi connectivity index (χ0v) is 36.4. The molecule has 310 valence electrons. The van der Waals surface area contributed by atoms with E-state index in [2.05, 4.69) is 278 Å². The molecule has 1 aliphatic carbocycles. The quantitative estimate of drug-likeness (QED) is 0.140. The molecule has 1 heteroatoms. The van der Waals surface area contributed by atoms with Crippen LogP contribution in [-0.4, -0.2) is 0 Å². The normalized spacial score (nSPS) is 12.4. The number of anilines is 3. The van der Waals surface area contributed by atoms with Gasteiger partial charge < -0.3 is 4.90 Å². The molecule has 0 amide bonds. The SMILES string of the molecule is c1ccc(-c2ccc(-c3ccc(N(c4ccc(-c5ccc6c(c5)C(c5ccccc5)(c5ccccc5)c5ccccc5-6)cc4)c4cccc(-c5cccc6ccccc56)c4)cc3)cc2)cc1. The number of hydrogen-bond donors (Lipinski definition) is 0. The third kappa shape index (κ3) is 6.73. The van der Waals surface area contributed by atoms with Crippen LogP contribution in [0, 0.1) is 0 Å². The first-order valence-electron chi connectivity index (χ1n) is 22.8. The first-order valence-corrected chi connectivity index (χ1v) is 22.8. The lowest BCUT2D eigenvalue weighted by Crippen LogP contribution is -2.28. The second kappa shape index (κ2) is 16.6. The maximum atomic E-state index is 2.45. The molecule has 0 radical (unpaired) electrons. The second-order valence-electron chi connectivity index (χ2n) is 17.2. The molecule has 0 saturated heterocycles. The highest BCUT2D eigenvalue weighted by molar-refractivity contribution is 5.97. The van der Waals surface area contributed by atoms with E-state index in [1.807, 2.05) is 0 Å². The number of rotatable bonds is 9. The molecule has 0 heterocycles. The van der Waals surface area contributed by atoms with E-state index >= 15 is 0 Å². The van der Waals surface area contributed by atoms with Crippen molar-refractivity contribution < 1.29 is 0 Å². The van der Waals surface area contributed by atoms with Crippen LogP contribution in [0.1, 0.15) is 22.3 Å². The smallest absolute Gasteiger partial charge is 0.0713 e. The molecule has 0 spiro atoms. The van der Waals surface area contributed by atoms with Gasteiger partial charge in [-0.2, -0.15) is 0 Å². The van der Waals surface area contributed by atoms with Crippen molar-refractivity contribution in [1.82, 2.24) is 0 Å². The lowest BCUT2D eigenvalue weighted by molar-refractivity contribution is 0.769. The van der Waals surface area contributed by atoms with Gasteiger partial charge in [-0.1, -0.05) is 231 Å². The van der Waals surface area contributed by atoms with Gasteiger partial charge in [0.15, 0.2) is 0 Å². The van der Waals surface area contributed by atoms with Crippen molar-refractivity contribution >= 4 is 27.8 Å². The Morgan fingerprint density at radius 1 is 0.242 bits per heavy atom. The summed E-state index contributed by atoms with van der Waals surface area (Å²) in [6, 6.07) is 99.9. The molecule has 0 aliphatic heterocycles. The highest BCUT2D eigenvalue weighted by Gasteiger charge is 2.46. The maximum Gasteiger partial charge on any atom is 0.0713 e. The standard InChI is InChI=1S/C65H45N/c1-4-16-46(17-5-1)47-30-32-48(33-31-47)49-34-39-56(40-35-49)66(58-25-14-20-53(44-58)60-28-15-19-51-18-10-11-26-59(51)60)57-41-36-50(37-42-57)52-38-43-62-61-27-12-13-29-63(61)65(64(62)45-52,54-21-6-2-7-22-54)55-23-8-3-9-24-55/h1-45H. The van der Waals surface area contributed by atoms with E-state index in [1.165, 1.54) is 88.7 Å². The third-order valence-corrected chi connectivity index (χ3v) is 13.6. The van der Waals surface area contributed by atoms with E-state index in [4.69, 9.17) is 0 Å². The predicted molar refractivity (Wildman–Crippen MR) is 278 cm³/mol. The molecule has 12 rings (SSSR count). The van der Waals surface area contributed by atoms with Crippen molar-refractivity contribution in [3.05, 3.63) is 295 Å². The van der Waals surface area contributed by atoms with Gasteiger partial charge in [0.2, 0.25) is 0 Å². The molecule has 0 aromatic heterocycles. The summed E-state index contributed by atoms with van der Waals surface area (Å²) in [5.74, 6) is 0. The van der Waals surface area contributed by atoms with Crippen LogP contribution >= 0.6 is 0 Å². The van der Waals surface area contributed by atoms with Gasteiger partial charge in [0.25, 0.3) is 0 Å². The Balaban J connectivity index is 0.951. The summed E-state index contributed by atoms with van der Waals surface area (Å²) >= 11 is 0. The second-order valence-corrected chi connectivity index (χ2v) is 17.2. The Hall–Kier alpha value is -8.52. The molecular weight excluding hydrogens is 795 g/mol. The topological polar surface area (TPSA) is 3.24 Å². The summed E-state index contributed by atoms with van der Waals surface area (Å²) in [4.78, 5) is 2.38.